The molecule has 0 radical (unpaired) electrons. The normalized spacial score (nSPS) is 17.6. The van der Waals surface area contributed by atoms with Crippen LogP contribution < -0.4 is 10.2 Å². The minimum absolute atomic E-state index is 0.168. The van der Waals surface area contributed by atoms with Crippen LogP contribution in [0.1, 0.15) is 35.1 Å². The summed E-state index contributed by atoms with van der Waals surface area (Å²) in [5, 5.41) is 11.3. The van der Waals surface area contributed by atoms with Crippen molar-refractivity contribution in [3.05, 3.63) is 54.1 Å². The lowest BCUT2D eigenvalue weighted by Crippen LogP contribution is -2.36. The maximum atomic E-state index is 11.8. The highest BCUT2D eigenvalue weighted by atomic mass is 16.1. The Morgan fingerprint density at radius 3 is 3.00 bits per heavy atom. The van der Waals surface area contributed by atoms with E-state index in [1.54, 1.807) is 13.1 Å². The second-order valence-electron chi connectivity index (χ2n) is 6.23. The molecule has 7 nitrogen and oxygen atoms in total. The van der Waals surface area contributed by atoms with Gasteiger partial charge < -0.3 is 10.2 Å². The molecule has 7 heteroatoms. The molecule has 0 unspecified atom stereocenters. The van der Waals surface area contributed by atoms with E-state index in [0.29, 0.717) is 5.69 Å². The molecule has 25 heavy (non-hydrogen) atoms. The van der Waals surface area contributed by atoms with Gasteiger partial charge in [0.1, 0.15) is 17.3 Å². The molecule has 1 amide bonds. The van der Waals surface area contributed by atoms with E-state index in [1.807, 2.05) is 36.5 Å². The standard InChI is InChI=1S/C18H20N6O/c1-19-18(25)14-7-4-9-15(20-14)23-10-5-6-13(12-23)17-22-21-16-8-2-3-11-24(16)17/h2-4,7-9,11,13H,5-6,10,12H2,1H3,(H,19,25)/t13-/m0/s1. The van der Waals surface area contributed by atoms with Gasteiger partial charge in [0.15, 0.2) is 5.65 Å². The fourth-order valence-electron chi connectivity index (χ4n) is 3.39. The van der Waals surface area contributed by atoms with Gasteiger partial charge in [0.25, 0.3) is 5.91 Å². The quantitative estimate of drug-likeness (QED) is 0.790. The molecule has 1 aliphatic heterocycles. The highest BCUT2D eigenvalue weighted by Gasteiger charge is 2.26. The third-order valence-electron chi connectivity index (χ3n) is 4.64. The summed E-state index contributed by atoms with van der Waals surface area (Å²) in [7, 11) is 1.62. The van der Waals surface area contributed by atoms with Crippen molar-refractivity contribution in [2.45, 2.75) is 18.8 Å². The molecule has 4 rings (SSSR count). The maximum Gasteiger partial charge on any atom is 0.269 e. The van der Waals surface area contributed by atoms with E-state index in [9.17, 15) is 4.79 Å². The summed E-state index contributed by atoms with van der Waals surface area (Å²) in [5.41, 5.74) is 1.31. The van der Waals surface area contributed by atoms with Gasteiger partial charge in [-0.05, 0) is 37.1 Å². The summed E-state index contributed by atoms with van der Waals surface area (Å²) in [5.74, 6) is 1.94. The average Bonchev–Trinajstić information content (AvgIpc) is 3.12. The summed E-state index contributed by atoms with van der Waals surface area (Å²) in [6, 6.07) is 11.5. The number of fused-ring (bicyclic) bond motifs is 1. The summed E-state index contributed by atoms with van der Waals surface area (Å²) >= 11 is 0. The van der Waals surface area contributed by atoms with E-state index in [1.165, 1.54) is 0 Å². The number of hydrogen-bond donors (Lipinski definition) is 1. The molecule has 1 atom stereocenters. The van der Waals surface area contributed by atoms with Crippen LogP contribution in [0.15, 0.2) is 42.6 Å². The number of carbonyl (C=O) groups excluding carboxylic acids is 1. The second kappa shape index (κ2) is 6.51. The Morgan fingerprint density at radius 2 is 2.12 bits per heavy atom. The Morgan fingerprint density at radius 1 is 1.20 bits per heavy atom. The van der Waals surface area contributed by atoms with E-state index in [2.05, 4.69) is 29.8 Å². The van der Waals surface area contributed by atoms with Gasteiger partial charge in [0.2, 0.25) is 0 Å². The number of hydrogen-bond acceptors (Lipinski definition) is 5. The zero-order valence-electron chi connectivity index (χ0n) is 14.1. The predicted octanol–water partition coefficient (Wildman–Crippen LogP) is 1.87. The van der Waals surface area contributed by atoms with Crippen molar-refractivity contribution in [3.63, 3.8) is 0 Å². The zero-order valence-corrected chi connectivity index (χ0v) is 14.1. The molecule has 1 N–H and O–H groups in total. The summed E-state index contributed by atoms with van der Waals surface area (Å²) in [4.78, 5) is 18.6. The van der Waals surface area contributed by atoms with Crippen LogP contribution in [0.3, 0.4) is 0 Å². The maximum absolute atomic E-state index is 11.8. The van der Waals surface area contributed by atoms with Crippen molar-refractivity contribution in [2.75, 3.05) is 25.0 Å². The number of piperidine rings is 1. The first-order chi connectivity index (χ1) is 12.3. The van der Waals surface area contributed by atoms with Crippen molar-refractivity contribution in [1.29, 1.82) is 0 Å². The molecule has 0 bridgehead atoms. The van der Waals surface area contributed by atoms with Gasteiger partial charge in [-0.3, -0.25) is 9.20 Å². The van der Waals surface area contributed by atoms with Gasteiger partial charge in [-0.1, -0.05) is 12.1 Å². The van der Waals surface area contributed by atoms with Gasteiger partial charge >= 0.3 is 0 Å². The van der Waals surface area contributed by atoms with Gasteiger partial charge in [-0.2, -0.15) is 0 Å². The van der Waals surface area contributed by atoms with E-state index < -0.39 is 0 Å². The van der Waals surface area contributed by atoms with Gasteiger partial charge in [0.05, 0.1) is 0 Å². The van der Waals surface area contributed by atoms with Crippen molar-refractivity contribution in [2.24, 2.45) is 0 Å². The summed E-state index contributed by atoms with van der Waals surface area (Å²) in [6.07, 6.45) is 4.13. The molecule has 0 aliphatic carbocycles. The van der Waals surface area contributed by atoms with Crippen LogP contribution in [0.25, 0.3) is 5.65 Å². The molecule has 3 aromatic rings. The lowest BCUT2D eigenvalue weighted by molar-refractivity contribution is 0.0958. The first-order valence-electron chi connectivity index (χ1n) is 8.50. The fourth-order valence-corrected chi connectivity index (χ4v) is 3.39. The van der Waals surface area contributed by atoms with Crippen LogP contribution >= 0.6 is 0 Å². The molecule has 0 aromatic carbocycles. The van der Waals surface area contributed by atoms with Crippen molar-refractivity contribution >= 4 is 17.4 Å². The molecule has 1 saturated heterocycles. The molecule has 128 valence electrons. The van der Waals surface area contributed by atoms with E-state index in [4.69, 9.17) is 0 Å². The first-order valence-corrected chi connectivity index (χ1v) is 8.50. The smallest absolute Gasteiger partial charge is 0.269 e. The molecule has 1 fully saturated rings. The van der Waals surface area contributed by atoms with Gasteiger partial charge in [-0.25, -0.2) is 4.98 Å². The topological polar surface area (TPSA) is 75.4 Å². The minimum Gasteiger partial charge on any atom is -0.356 e. The van der Waals surface area contributed by atoms with Crippen LogP contribution in [-0.4, -0.2) is 45.6 Å². The van der Waals surface area contributed by atoms with Crippen molar-refractivity contribution in [1.82, 2.24) is 24.9 Å². The van der Waals surface area contributed by atoms with Crippen LogP contribution in [0, 0.1) is 0 Å². The molecule has 4 heterocycles. The first kappa shape index (κ1) is 15.6. The molecule has 0 saturated carbocycles. The van der Waals surface area contributed by atoms with E-state index in [-0.39, 0.29) is 11.8 Å². The lowest BCUT2D eigenvalue weighted by Gasteiger charge is -2.33. The van der Waals surface area contributed by atoms with Crippen LogP contribution in [0.2, 0.25) is 0 Å². The Bertz CT molecular complexity index is 905. The van der Waals surface area contributed by atoms with Crippen LogP contribution in [0.4, 0.5) is 5.82 Å². The number of pyridine rings is 2. The van der Waals surface area contributed by atoms with Gasteiger partial charge in [0, 0.05) is 32.3 Å². The molecule has 1 aliphatic rings. The Kier molecular flexibility index (Phi) is 4.05. The van der Waals surface area contributed by atoms with E-state index >= 15 is 0 Å². The number of anilines is 1. The highest BCUT2D eigenvalue weighted by Crippen LogP contribution is 2.28. The number of rotatable bonds is 3. The number of carbonyl (C=O) groups is 1. The van der Waals surface area contributed by atoms with Crippen LogP contribution in [0.5, 0.6) is 0 Å². The second-order valence-corrected chi connectivity index (χ2v) is 6.23. The third kappa shape index (κ3) is 2.93. The minimum atomic E-state index is -0.168. The molecule has 0 spiro atoms. The number of amides is 1. The van der Waals surface area contributed by atoms with Crippen LogP contribution in [-0.2, 0) is 0 Å². The Labute approximate surface area is 145 Å². The third-order valence-corrected chi connectivity index (χ3v) is 4.64. The number of nitrogens with one attached hydrogen (secondary N) is 1. The summed E-state index contributed by atoms with van der Waals surface area (Å²) in [6.45, 7) is 1.75. The average molecular weight is 336 g/mol. The molecule has 3 aromatic heterocycles. The Balaban J connectivity index is 1.60. The molecular weight excluding hydrogens is 316 g/mol. The summed E-state index contributed by atoms with van der Waals surface area (Å²) < 4.78 is 2.06. The molecular formula is C18H20N6O. The zero-order chi connectivity index (χ0) is 17.2. The lowest BCUT2D eigenvalue weighted by atomic mass is 9.97. The van der Waals surface area contributed by atoms with Crippen molar-refractivity contribution in [3.8, 4) is 0 Å². The fraction of sp³-hybridized carbons (Fsp3) is 0.333. The SMILES string of the molecule is CNC(=O)c1cccc(N2CCC[C@H](c3nnc4ccccn34)C2)n1. The highest BCUT2D eigenvalue weighted by molar-refractivity contribution is 5.92. The van der Waals surface area contributed by atoms with E-state index in [0.717, 1.165) is 43.2 Å². The number of aromatic nitrogens is 4. The van der Waals surface area contributed by atoms with Gasteiger partial charge in [-0.15, -0.1) is 10.2 Å². The Hall–Kier alpha value is -2.96. The largest absolute Gasteiger partial charge is 0.356 e. The monoisotopic (exact) mass is 336 g/mol. The van der Waals surface area contributed by atoms with Crippen molar-refractivity contribution < 1.29 is 4.79 Å². The predicted molar refractivity (Wildman–Crippen MR) is 94.8 cm³/mol. The number of nitrogens with zero attached hydrogens (tertiary/aromatic N) is 5.